The topological polar surface area (TPSA) is 51.2 Å². The third-order valence-corrected chi connectivity index (χ3v) is 4.49. The Kier molecular flexibility index (Phi) is 10.5. The molecule has 0 saturated heterocycles. The summed E-state index contributed by atoms with van der Waals surface area (Å²) in [6.45, 7) is 9.04. The molecule has 2 atom stereocenters. The van der Waals surface area contributed by atoms with Crippen molar-refractivity contribution in [1.82, 2.24) is 4.90 Å². The fourth-order valence-electron chi connectivity index (χ4n) is 2.72. The van der Waals surface area contributed by atoms with Gasteiger partial charge in [-0.05, 0) is 44.0 Å². The van der Waals surface area contributed by atoms with Gasteiger partial charge in [-0.15, -0.1) is 0 Å². The molecule has 5 heteroatoms. The molecule has 0 aliphatic carbocycles. The molecule has 0 aromatic heterocycles. The van der Waals surface area contributed by atoms with Crippen LogP contribution in [-0.2, 0) is 11.3 Å². The zero-order chi connectivity index (χ0) is 18.7. The lowest BCUT2D eigenvalue weighted by molar-refractivity contribution is 0.00297. The number of ether oxygens (including phenoxy) is 3. The van der Waals surface area contributed by atoms with E-state index in [1.807, 2.05) is 18.2 Å². The van der Waals surface area contributed by atoms with Crippen LogP contribution in [0.5, 0.6) is 11.5 Å². The maximum Gasteiger partial charge on any atom is 0.161 e. The van der Waals surface area contributed by atoms with Crippen LogP contribution in [-0.4, -0.2) is 56.1 Å². The van der Waals surface area contributed by atoms with E-state index in [1.54, 1.807) is 14.2 Å². The highest BCUT2D eigenvalue weighted by atomic mass is 16.5. The average Bonchev–Trinajstić information content (AvgIpc) is 2.64. The Morgan fingerprint density at radius 1 is 1.12 bits per heavy atom. The largest absolute Gasteiger partial charge is 0.493 e. The Hall–Kier alpha value is -1.30. The third-order valence-electron chi connectivity index (χ3n) is 4.49. The van der Waals surface area contributed by atoms with E-state index in [0.29, 0.717) is 37.3 Å². The molecule has 0 spiro atoms. The maximum atomic E-state index is 10.3. The zero-order valence-electron chi connectivity index (χ0n) is 16.5. The van der Waals surface area contributed by atoms with Crippen LogP contribution in [0.25, 0.3) is 0 Å². The molecule has 0 bridgehead atoms. The highest BCUT2D eigenvalue weighted by Crippen LogP contribution is 2.27. The molecule has 1 N–H and O–H groups in total. The first-order chi connectivity index (χ1) is 12.0. The molecule has 0 heterocycles. The van der Waals surface area contributed by atoms with Crippen molar-refractivity contribution in [2.45, 2.75) is 58.8 Å². The molecule has 0 radical (unpaired) electrons. The van der Waals surface area contributed by atoms with E-state index in [-0.39, 0.29) is 0 Å². The summed E-state index contributed by atoms with van der Waals surface area (Å²) < 4.78 is 16.2. The van der Waals surface area contributed by atoms with Crippen molar-refractivity contribution >= 4 is 0 Å². The van der Waals surface area contributed by atoms with Gasteiger partial charge in [-0.2, -0.15) is 0 Å². The fraction of sp³-hybridized carbons (Fsp3) is 0.700. The van der Waals surface area contributed by atoms with Crippen molar-refractivity contribution in [2.24, 2.45) is 0 Å². The Morgan fingerprint density at radius 2 is 1.84 bits per heavy atom. The normalized spacial score (nSPS) is 13.7. The highest BCUT2D eigenvalue weighted by molar-refractivity contribution is 5.42. The molecule has 0 aliphatic heterocycles. The van der Waals surface area contributed by atoms with Crippen LogP contribution in [0, 0.1) is 0 Å². The monoisotopic (exact) mass is 353 g/mol. The van der Waals surface area contributed by atoms with Crippen LogP contribution in [0.4, 0.5) is 0 Å². The molecule has 0 fully saturated rings. The van der Waals surface area contributed by atoms with Gasteiger partial charge in [0.2, 0.25) is 0 Å². The van der Waals surface area contributed by atoms with Crippen molar-refractivity contribution in [1.29, 1.82) is 0 Å². The molecule has 0 amide bonds. The highest BCUT2D eigenvalue weighted by Gasteiger charge is 2.16. The minimum atomic E-state index is -0.481. The second kappa shape index (κ2) is 12.1. The molecule has 1 aromatic carbocycles. The molecular weight excluding hydrogens is 318 g/mol. The summed E-state index contributed by atoms with van der Waals surface area (Å²) in [5, 5.41) is 10.3. The number of aliphatic hydroxyl groups excluding tert-OH is 1. The predicted molar refractivity (Wildman–Crippen MR) is 101 cm³/mol. The van der Waals surface area contributed by atoms with Gasteiger partial charge in [0.25, 0.3) is 0 Å². The molecule has 0 saturated carbocycles. The maximum absolute atomic E-state index is 10.3. The quantitative estimate of drug-likeness (QED) is 0.588. The summed E-state index contributed by atoms with van der Waals surface area (Å²) in [6, 6.07) is 6.19. The summed E-state index contributed by atoms with van der Waals surface area (Å²) >= 11 is 0. The number of hydrogen-bond acceptors (Lipinski definition) is 5. The van der Waals surface area contributed by atoms with Crippen LogP contribution in [0.15, 0.2) is 18.2 Å². The van der Waals surface area contributed by atoms with Crippen LogP contribution in [0.1, 0.15) is 45.6 Å². The summed E-state index contributed by atoms with van der Waals surface area (Å²) in [5.41, 5.74) is 0.995. The number of hydrogen-bond donors (Lipinski definition) is 1. The molecule has 1 rings (SSSR count). The number of aliphatic hydroxyl groups is 1. The molecular formula is C20H35NO4. The average molecular weight is 354 g/mol. The molecule has 0 unspecified atom stereocenters. The molecule has 0 aliphatic rings. The fourth-order valence-corrected chi connectivity index (χ4v) is 2.72. The molecule has 1 aromatic rings. The minimum Gasteiger partial charge on any atom is -0.493 e. The Morgan fingerprint density at radius 3 is 2.44 bits per heavy atom. The Bertz CT molecular complexity index is 481. The van der Waals surface area contributed by atoms with E-state index < -0.39 is 6.10 Å². The third kappa shape index (κ3) is 7.63. The van der Waals surface area contributed by atoms with Crippen LogP contribution < -0.4 is 9.47 Å². The Labute approximate surface area is 152 Å². The zero-order valence-corrected chi connectivity index (χ0v) is 16.5. The standard InChI is InChI=1S/C20H35NO4/c1-6-8-11-21(16(3)7-2)13-18(22)15-25-14-17-9-10-19(23-4)20(12-17)24-5/h9-10,12,16,18,22H,6-8,11,13-15H2,1-5H3/t16-,18-/m0/s1. The molecule has 5 nitrogen and oxygen atoms in total. The van der Waals surface area contributed by atoms with Crippen molar-refractivity contribution in [2.75, 3.05) is 33.9 Å². The van der Waals surface area contributed by atoms with Gasteiger partial charge in [-0.25, -0.2) is 0 Å². The van der Waals surface area contributed by atoms with Gasteiger partial charge in [-0.1, -0.05) is 26.3 Å². The van der Waals surface area contributed by atoms with E-state index in [1.165, 1.54) is 6.42 Å². The molecule has 144 valence electrons. The van der Waals surface area contributed by atoms with Crippen molar-refractivity contribution < 1.29 is 19.3 Å². The first kappa shape index (κ1) is 21.7. The lowest BCUT2D eigenvalue weighted by Crippen LogP contribution is -2.40. The van der Waals surface area contributed by atoms with E-state index in [4.69, 9.17) is 14.2 Å². The first-order valence-corrected chi connectivity index (χ1v) is 9.26. The minimum absolute atomic E-state index is 0.327. The van der Waals surface area contributed by atoms with Gasteiger partial charge in [0.15, 0.2) is 11.5 Å². The van der Waals surface area contributed by atoms with E-state index in [0.717, 1.165) is 24.9 Å². The van der Waals surface area contributed by atoms with E-state index >= 15 is 0 Å². The van der Waals surface area contributed by atoms with Gasteiger partial charge in [-0.3, -0.25) is 4.90 Å². The summed E-state index contributed by atoms with van der Waals surface area (Å²) in [4.78, 5) is 2.36. The number of benzene rings is 1. The van der Waals surface area contributed by atoms with Crippen molar-refractivity contribution in [3.05, 3.63) is 23.8 Å². The summed E-state index contributed by atoms with van der Waals surface area (Å²) in [7, 11) is 3.23. The lowest BCUT2D eigenvalue weighted by atomic mass is 10.1. The predicted octanol–water partition coefficient (Wildman–Crippen LogP) is 3.48. The van der Waals surface area contributed by atoms with Gasteiger partial charge in [0.1, 0.15) is 0 Å². The lowest BCUT2D eigenvalue weighted by Gasteiger charge is -2.30. The second-order valence-electron chi connectivity index (χ2n) is 6.46. The van der Waals surface area contributed by atoms with E-state index in [9.17, 15) is 5.11 Å². The molecule has 25 heavy (non-hydrogen) atoms. The van der Waals surface area contributed by atoms with E-state index in [2.05, 4.69) is 25.7 Å². The number of unbranched alkanes of at least 4 members (excludes halogenated alkanes) is 1. The number of nitrogens with zero attached hydrogens (tertiary/aromatic N) is 1. The summed E-state index contributed by atoms with van der Waals surface area (Å²) in [5.74, 6) is 1.39. The van der Waals surface area contributed by atoms with Crippen LogP contribution in [0.2, 0.25) is 0 Å². The Balaban J connectivity index is 2.46. The number of methoxy groups -OCH3 is 2. The smallest absolute Gasteiger partial charge is 0.161 e. The van der Waals surface area contributed by atoms with Gasteiger partial charge >= 0.3 is 0 Å². The first-order valence-electron chi connectivity index (χ1n) is 9.26. The van der Waals surface area contributed by atoms with Crippen LogP contribution >= 0.6 is 0 Å². The van der Waals surface area contributed by atoms with Gasteiger partial charge < -0.3 is 19.3 Å². The van der Waals surface area contributed by atoms with Gasteiger partial charge in [0.05, 0.1) is 33.5 Å². The van der Waals surface area contributed by atoms with Crippen molar-refractivity contribution in [3.8, 4) is 11.5 Å². The van der Waals surface area contributed by atoms with Crippen LogP contribution in [0.3, 0.4) is 0 Å². The van der Waals surface area contributed by atoms with Crippen molar-refractivity contribution in [3.63, 3.8) is 0 Å². The SMILES string of the molecule is CCCCN(C[C@H](O)COCc1ccc(OC)c(OC)c1)[C@@H](C)CC. The van der Waals surface area contributed by atoms with Gasteiger partial charge in [0, 0.05) is 12.6 Å². The number of rotatable bonds is 13. The second-order valence-corrected chi connectivity index (χ2v) is 6.46. The summed E-state index contributed by atoms with van der Waals surface area (Å²) in [6.07, 6.45) is 2.93.